The number of aliphatic hydroxyl groups excluding tert-OH is 3. The molecule has 1 amide bonds. The van der Waals surface area contributed by atoms with Crippen LogP contribution in [-0.4, -0.2) is 46.1 Å². The van der Waals surface area contributed by atoms with Crippen LogP contribution >= 0.6 is 0 Å². The summed E-state index contributed by atoms with van der Waals surface area (Å²) in [5.41, 5.74) is 0. The largest absolute Gasteiger partial charge is 0.394 e. The molecule has 45 heavy (non-hydrogen) atoms. The first kappa shape index (κ1) is 44.4. The summed E-state index contributed by atoms with van der Waals surface area (Å²) in [4.78, 5) is 12.4. The number of rotatable bonds is 37. The first-order valence-corrected chi connectivity index (χ1v) is 20.3. The second-order valence-electron chi connectivity index (χ2n) is 14.2. The van der Waals surface area contributed by atoms with Gasteiger partial charge in [-0.25, -0.2) is 0 Å². The van der Waals surface area contributed by atoms with E-state index in [1.165, 1.54) is 161 Å². The second-order valence-corrected chi connectivity index (χ2v) is 14.2. The molecule has 0 fully saturated rings. The predicted octanol–water partition coefficient (Wildman–Crippen LogP) is 11.1. The van der Waals surface area contributed by atoms with E-state index < -0.39 is 18.2 Å². The Hall–Kier alpha value is -0.650. The van der Waals surface area contributed by atoms with E-state index in [1.807, 2.05) is 0 Å². The van der Waals surface area contributed by atoms with Crippen molar-refractivity contribution in [2.75, 3.05) is 6.61 Å². The summed E-state index contributed by atoms with van der Waals surface area (Å²) in [5, 5.41) is 33.4. The van der Waals surface area contributed by atoms with Gasteiger partial charge in [0.25, 0.3) is 0 Å². The molecule has 270 valence electrons. The highest BCUT2D eigenvalue weighted by Gasteiger charge is 2.26. The topological polar surface area (TPSA) is 89.8 Å². The normalized spacial score (nSPS) is 13.6. The van der Waals surface area contributed by atoms with Gasteiger partial charge in [0, 0.05) is 6.42 Å². The van der Waals surface area contributed by atoms with Gasteiger partial charge in [0.15, 0.2) is 0 Å². The fourth-order valence-corrected chi connectivity index (χ4v) is 6.52. The van der Waals surface area contributed by atoms with Crippen LogP contribution in [0, 0.1) is 0 Å². The molecule has 0 saturated heterocycles. The molecule has 5 nitrogen and oxygen atoms in total. The SMILES string of the molecule is CCCCCCCCCCCCCCCCCCCCCC(=O)N[C@H](CO)[C@H](O)C(O)CCCCCCCCCCCCCC. The summed E-state index contributed by atoms with van der Waals surface area (Å²) in [6.45, 7) is 4.18. The van der Waals surface area contributed by atoms with Gasteiger partial charge in [-0.2, -0.15) is 0 Å². The van der Waals surface area contributed by atoms with E-state index in [2.05, 4.69) is 19.2 Å². The zero-order valence-electron chi connectivity index (χ0n) is 30.5. The molecule has 4 N–H and O–H groups in total. The van der Waals surface area contributed by atoms with Gasteiger partial charge < -0.3 is 20.6 Å². The summed E-state index contributed by atoms with van der Waals surface area (Å²) in [5.74, 6) is -0.141. The number of hydrogen-bond donors (Lipinski definition) is 4. The molecule has 0 radical (unpaired) electrons. The molecule has 0 spiro atoms. The quantitative estimate of drug-likeness (QED) is 0.0509. The highest BCUT2D eigenvalue weighted by molar-refractivity contribution is 5.76. The Morgan fingerprint density at radius 2 is 0.756 bits per heavy atom. The maximum absolute atomic E-state index is 12.4. The Morgan fingerprint density at radius 3 is 1.07 bits per heavy atom. The highest BCUT2D eigenvalue weighted by Crippen LogP contribution is 2.16. The van der Waals surface area contributed by atoms with Gasteiger partial charge in [-0.3, -0.25) is 4.79 Å². The lowest BCUT2D eigenvalue weighted by molar-refractivity contribution is -0.124. The molecule has 3 atom stereocenters. The van der Waals surface area contributed by atoms with E-state index in [-0.39, 0.29) is 12.5 Å². The molecule has 1 unspecified atom stereocenters. The Kier molecular flexibility index (Phi) is 35.7. The standard InChI is InChI=1S/C40H81NO4/c1-3-5-7-9-11-13-15-17-18-19-20-21-22-23-25-27-29-31-33-35-39(44)41-37(36-42)40(45)38(43)34-32-30-28-26-24-16-14-12-10-8-6-4-2/h37-38,40,42-43,45H,3-36H2,1-2H3,(H,41,44)/t37-,38?,40+/m1/s1. The van der Waals surface area contributed by atoms with E-state index >= 15 is 0 Å². The molecule has 0 aliphatic carbocycles. The molecule has 0 saturated carbocycles. The molecule has 0 aromatic rings. The minimum atomic E-state index is -1.13. The molecule has 0 aromatic carbocycles. The van der Waals surface area contributed by atoms with Gasteiger partial charge in [0.2, 0.25) is 5.91 Å². The average molecular weight is 640 g/mol. The van der Waals surface area contributed by atoms with Crippen LogP contribution < -0.4 is 5.32 Å². The molecular weight excluding hydrogens is 558 g/mol. The van der Waals surface area contributed by atoms with Gasteiger partial charge in [0.1, 0.15) is 6.10 Å². The third-order valence-electron chi connectivity index (χ3n) is 9.71. The van der Waals surface area contributed by atoms with E-state index in [0.717, 1.165) is 38.5 Å². The maximum Gasteiger partial charge on any atom is 0.220 e. The predicted molar refractivity (Wildman–Crippen MR) is 195 cm³/mol. The molecule has 0 aromatic heterocycles. The van der Waals surface area contributed by atoms with Crippen molar-refractivity contribution in [3.8, 4) is 0 Å². The Bertz CT molecular complexity index is 587. The van der Waals surface area contributed by atoms with Crippen LogP contribution in [0.4, 0.5) is 0 Å². The van der Waals surface area contributed by atoms with Crippen molar-refractivity contribution in [2.45, 2.75) is 244 Å². The van der Waals surface area contributed by atoms with Gasteiger partial charge in [-0.1, -0.05) is 206 Å². The molecule has 0 aliphatic heterocycles. The zero-order valence-corrected chi connectivity index (χ0v) is 30.5. The van der Waals surface area contributed by atoms with E-state index in [0.29, 0.717) is 12.8 Å². The Labute approximate surface area is 281 Å². The minimum Gasteiger partial charge on any atom is -0.394 e. The lowest BCUT2D eigenvalue weighted by Crippen LogP contribution is -2.50. The Balaban J connectivity index is 3.59. The number of aliphatic hydroxyl groups is 3. The maximum atomic E-state index is 12.4. The first-order chi connectivity index (χ1) is 22.1. The highest BCUT2D eigenvalue weighted by atomic mass is 16.3. The first-order valence-electron chi connectivity index (χ1n) is 20.3. The molecule has 5 heteroatoms. The van der Waals surface area contributed by atoms with Crippen LogP contribution in [0.2, 0.25) is 0 Å². The lowest BCUT2D eigenvalue weighted by atomic mass is 9.99. The number of unbranched alkanes of at least 4 members (excludes halogenated alkanes) is 29. The molecule has 0 bridgehead atoms. The third kappa shape index (κ3) is 31.7. The molecular formula is C40H81NO4. The summed E-state index contributed by atoms with van der Waals surface area (Å²) < 4.78 is 0. The number of amides is 1. The van der Waals surface area contributed by atoms with E-state index in [4.69, 9.17) is 0 Å². The third-order valence-corrected chi connectivity index (χ3v) is 9.71. The summed E-state index contributed by atoms with van der Waals surface area (Å²) in [6, 6.07) is -0.801. The molecule has 0 aliphatic rings. The van der Waals surface area contributed by atoms with Gasteiger partial charge >= 0.3 is 0 Å². The van der Waals surface area contributed by atoms with Crippen LogP contribution in [0.5, 0.6) is 0 Å². The van der Waals surface area contributed by atoms with Crippen LogP contribution in [0.1, 0.15) is 226 Å². The van der Waals surface area contributed by atoms with Crippen LogP contribution in [0.25, 0.3) is 0 Å². The van der Waals surface area contributed by atoms with Crippen molar-refractivity contribution in [1.82, 2.24) is 5.32 Å². The minimum absolute atomic E-state index is 0.141. The lowest BCUT2D eigenvalue weighted by Gasteiger charge is -2.26. The van der Waals surface area contributed by atoms with Crippen molar-refractivity contribution >= 4 is 5.91 Å². The van der Waals surface area contributed by atoms with Crippen LogP contribution in [0.15, 0.2) is 0 Å². The van der Waals surface area contributed by atoms with E-state index in [9.17, 15) is 20.1 Å². The Morgan fingerprint density at radius 1 is 0.467 bits per heavy atom. The van der Waals surface area contributed by atoms with Crippen LogP contribution in [-0.2, 0) is 4.79 Å². The fourth-order valence-electron chi connectivity index (χ4n) is 6.52. The summed E-state index contributed by atoms with van der Waals surface area (Å²) >= 11 is 0. The van der Waals surface area contributed by atoms with Crippen molar-refractivity contribution in [3.63, 3.8) is 0 Å². The number of carbonyl (C=O) groups excluding carboxylic acids is 1. The monoisotopic (exact) mass is 640 g/mol. The number of hydrogen-bond acceptors (Lipinski definition) is 4. The molecule has 0 heterocycles. The van der Waals surface area contributed by atoms with Gasteiger partial charge in [-0.15, -0.1) is 0 Å². The van der Waals surface area contributed by atoms with Crippen molar-refractivity contribution < 1.29 is 20.1 Å². The summed E-state index contributed by atoms with van der Waals surface area (Å²) in [7, 11) is 0. The van der Waals surface area contributed by atoms with E-state index in [1.54, 1.807) is 0 Å². The van der Waals surface area contributed by atoms with Crippen molar-refractivity contribution in [2.24, 2.45) is 0 Å². The van der Waals surface area contributed by atoms with Crippen LogP contribution in [0.3, 0.4) is 0 Å². The smallest absolute Gasteiger partial charge is 0.220 e. The van der Waals surface area contributed by atoms with Gasteiger partial charge in [-0.05, 0) is 12.8 Å². The fraction of sp³-hybridized carbons (Fsp3) is 0.975. The number of carbonyl (C=O) groups is 1. The summed E-state index contributed by atoms with van der Waals surface area (Å²) in [6.07, 6.45) is 39.1. The number of nitrogens with one attached hydrogen (secondary N) is 1. The zero-order chi connectivity index (χ0) is 33.1. The second kappa shape index (κ2) is 36.2. The average Bonchev–Trinajstić information content (AvgIpc) is 3.04. The van der Waals surface area contributed by atoms with Gasteiger partial charge in [0.05, 0.1) is 18.8 Å². The van der Waals surface area contributed by atoms with Crippen molar-refractivity contribution in [3.05, 3.63) is 0 Å². The van der Waals surface area contributed by atoms with Crippen molar-refractivity contribution in [1.29, 1.82) is 0 Å². The molecule has 0 rings (SSSR count).